The highest BCUT2D eigenvalue weighted by molar-refractivity contribution is 7.89. The molecule has 2 atom stereocenters. The Morgan fingerprint density at radius 1 is 1.19 bits per heavy atom. The molecule has 32 heavy (non-hydrogen) atoms. The number of rotatable bonds is 6. The zero-order valence-corrected chi connectivity index (χ0v) is 20.0. The summed E-state index contributed by atoms with van der Waals surface area (Å²) in [6, 6.07) is 6.06. The minimum atomic E-state index is -3.67. The number of ketones is 1. The van der Waals surface area contributed by atoms with Gasteiger partial charge in [0.1, 0.15) is 17.4 Å². The summed E-state index contributed by atoms with van der Waals surface area (Å²) in [7, 11) is -3.67. The van der Waals surface area contributed by atoms with Crippen molar-refractivity contribution in [3.05, 3.63) is 29.6 Å². The van der Waals surface area contributed by atoms with Gasteiger partial charge in [0.2, 0.25) is 10.0 Å². The molecule has 1 aromatic heterocycles. The first-order valence-electron chi connectivity index (χ1n) is 11.6. The minimum absolute atomic E-state index is 0.0293. The fourth-order valence-electron chi connectivity index (χ4n) is 6.23. The molecule has 2 heterocycles. The second-order valence-corrected chi connectivity index (χ2v) is 12.2. The van der Waals surface area contributed by atoms with Crippen LogP contribution in [0.4, 0.5) is 5.82 Å². The molecule has 1 aromatic carbocycles. The number of carbonyl (C=O) groups is 1. The average Bonchev–Trinajstić information content (AvgIpc) is 3.39. The molecular formula is C24H32N4O3S. The lowest BCUT2D eigenvalue weighted by molar-refractivity contribution is -0.128. The average molecular weight is 457 g/mol. The van der Waals surface area contributed by atoms with Crippen molar-refractivity contribution in [2.75, 3.05) is 23.7 Å². The zero-order chi connectivity index (χ0) is 22.7. The van der Waals surface area contributed by atoms with Crippen LogP contribution in [0.3, 0.4) is 0 Å². The van der Waals surface area contributed by atoms with E-state index in [2.05, 4.69) is 23.5 Å². The topological polar surface area (TPSA) is 92.3 Å². The van der Waals surface area contributed by atoms with Gasteiger partial charge in [-0.1, -0.05) is 26.0 Å². The summed E-state index contributed by atoms with van der Waals surface area (Å²) in [5, 5.41) is 1.01. The van der Waals surface area contributed by atoms with Gasteiger partial charge in [0.15, 0.2) is 0 Å². The Morgan fingerprint density at radius 2 is 1.94 bits per heavy atom. The second kappa shape index (κ2) is 7.48. The van der Waals surface area contributed by atoms with Gasteiger partial charge < -0.3 is 4.90 Å². The van der Waals surface area contributed by atoms with Gasteiger partial charge in [-0.15, -0.1) is 0 Å². The fourth-order valence-corrected chi connectivity index (χ4v) is 8.01. The van der Waals surface area contributed by atoms with Gasteiger partial charge in [-0.25, -0.2) is 23.1 Å². The number of sulfonamides is 1. The number of benzene rings is 1. The maximum absolute atomic E-state index is 13.1. The molecule has 3 aliphatic rings. The normalized spacial score (nSPS) is 27.0. The van der Waals surface area contributed by atoms with Gasteiger partial charge in [-0.2, -0.15) is 0 Å². The number of aromatic nitrogens is 2. The van der Waals surface area contributed by atoms with Gasteiger partial charge in [0.05, 0.1) is 17.8 Å². The summed E-state index contributed by atoms with van der Waals surface area (Å²) in [6.45, 7) is 8.06. The van der Waals surface area contributed by atoms with E-state index in [1.165, 1.54) is 0 Å². The van der Waals surface area contributed by atoms with Crippen molar-refractivity contribution in [2.45, 2.75) is 59.4 Å². The van der Waals surface area contributed by atoms with E-state index in [1.54, 1.807) is 0 Å². The molecule has 1 N–H and O–H groups in total. The van der Waals surface area contributed by atoms with Crippen LogP contribution in [0.15, 0.2) is 18.2 Å². The number of anilines is 1. The summed E-state index contributed by atoms with van der Waals surface area (Å²) >= 11 is 0. The molecule has 0 amide bonds. The van der Waals surface area contributed by atoms with E-state index in [0.717, 1.165) is 54.6 Å². The van der Waals surface area contributed by atoms with Crippen LogP contribution in [0.25, 0.3) is 10.9 Å². The Hall–Kier alpha value is -2.06. The number of para-hydroxylation sites is 1. The second-order valence-electron chi connectivity index (χ2n) is 10.4. The SMILES string of the molecule is Cc1cccc2c(N3CCCC3)nc(CNS(=O)(=O)CC34CCC(CC3=O)C4(C)C)nc12. The summed E-state index contributed by atoms with van der Waals surface area (Å²) < 4.78 is 29.0. The molecule has 1 aliphatic heterocycles. The lowest BCUT2D eigenvalue weighted by Gasteiger charge is -2.36. The first kappa shape index (κ1) is 21.8. The number of nitrogens with zero attached hydrogens (tertiary/aromatic N) is 3. The smallest absolute Gasteiger partial charge is 0.213 e. The highest BCUT2D eigenvalue weighted by Gasteiger charge is 2.65. The summed E-state index contributed by atoms with van der Waals surface area (Å²) in [5.74, 6) is 1.61. The van der Waals surface area contributed by atoms with Crippen molar-refractivity contribution in [1.29, 1.82) is 0 Å². The molecule has 3 fully saturated rings. The Labute approximate surface area is 190 Å². The van der Waals surface area contributed by atoms with Gasteiger partial charge in [-0.05, 0) is 55.6 Å². The van der Waals surface area contributed by atoms with Crippen LogP contribution in [0.2, 0.25) is 0 Å². The van der Waals surface area contributed by atoms with E-state index >= 15 is 0 Å². The van der Waals surface area contributed by atoms with E-state index in [-0.39, 0.29) is 23.5 Å². The van der Waals surface area contributed by atoms with Gasteiger partial charge in [-0.3, -0.25) is 4.79 Å². The molecule has 1 saturated heterocycles. The Morgan fingerprint density at radius 3 is 2.59 bits per heavy atom. The largest absolute Gasteiger partial charge is 0.356 e. The summed E-state index contributed by atoms with van der Waals surface area (Å²) in [4.78, 5) is 24.5. The molecule has 0 spiro atoms. The van der Waals surface area contributed by atoms with Crippen molar-refractivity contribution < 1.29 is 13.2 Å². The lowest BCUT2D eigenvalue weighted by Crippen LogP contribution is -2.45. The lowest BCUT2D eigenvalue weighted by atomic mass is 9.70. The number of nitrogens with one attached hydrogen (secondary N) is 1. The summed E-state index contributed by atoms with van der Waals surface area (Å²) in [6.07, 6.45) is 4.36. The first-order chi connectivity index (χ1) is 15.1. The summed E-state index contributed by atoms with van der Waals surface area (Å²) in [5.41, 5.74) is 0.857. The van der Waals surface area contributed by atoms with Crippen molar-refractivity contribution in [3.8, 4) is 0 Å². The molecule has 2 aromatic rings. The molecule has 2 aliphatic carbocycles. The van der Waals surface area contributed by atoms with Crippen molar-refractivity contribution in [1.82, 2.24) is 14.7 Å². The number of Topliss-reactive ketones (excluding diaryl/α,β-unsaturated/α-hetero) is 1. The van der Waals surface area contributed by atoms with Crippen molar-refractivity contribution in [2.24, 2.45) is 16.7 Å². The van der Waals surface area contributed by atoms with Crippen LogP contribution in [0.1, 0.15) is 57.3 Å². The van der Waals surface area contributed by atoms with Crippen LogP contribution in [0.5, 0.6) is 0 Å². The third-order valence-electron chi connectivity index (χ3n) is 8.39. The Kier molecular flexibility index (Phi) is 5.09. The third-order valence-corrected chi connectivity index (χ3v) is 9.84. The number of fused-ring (bicyclic) bond motifs is 3. The predicted octanol–water partition coefficient (Wildman–Crippen LogP) is 3.35. The minimum Gasteiger partial charge on any atom is -0.356 e. The van der Waals surface area contributed by atoms with Crippen LogP contribution in [-0.4, -0.2) is 43.0 Å². The maximum atomic E-state index is 13.1. The maximum Gasteiger partial charge on any atom is 0.213 e. The molecular weight excluding hydrogens is 424 g/mol. The first-order valence-corrected chi connectivity index (χ1v) is 13.3. The molecule has 5 rings (SSSR count). The van der Waals surface area contributed by atoms with E-state index in [0.29, 0.717) is 24.6 Å². The van der Waals surface area contributed by atoms with Gasteiger partial charge in [0, 0.05) is 30.3 Å². The van der Waals surface area contributed by atoms with Gasteiger partial charge >= 0.3 is 0 Å². The van der Waals surface area contributed by atoms with E-state index in [4.69, 9.17) is 9.97 Å². The van der Waals surface area contributed by atoms with Crippen LogP contribution in [0, 0.1) is 23.7 Å². The predicted molar refractivity (Wildman–Crippen MR) is 125 cm³/mol. The van der Waals surface area contributed by atoms with Crippen LogP contribution < -0.4 is 9.62 Å². The monoisotopic (exact) mass is 456 g/mol. The molecule has 8 heteroatoms. The quantitative estimate of drug-likeness (QED) is 0.717. The van der Waals surface area contributed by atoms with Crippen LogP contribution >= 0.6 is 0 Å². The molecule has 2 unspecified atom stereocenters. The Bertz CT molecular complexity index is 1190. The molecule has 2 bridgehead atoms. The number of aryl methyl sites for hydroxylation is 1. The Balaban J connectivity index is 1.41. The highest BCUT2D eigenvalue weighted by atomic mass is 32.2. The third kappa shape index (κ3) is 3.34. The van der Waals surface area contributed by atoms with E-state index < -0.39 is 15.4 Å². The van der Waals surface area contributed by atoms with E-state index in [9.17, 15) is 13.2 Å². The number of carbonyl (C=O) groups excluding carboxylic acids is 1. The van der Waals surface area contributed by atoms with Crippen molar-refractivity contribution in [3.63, 3.8) is 0 Å². The number of hydrogen-bond donors (Lipinski definition) is 1. The standard InChI is InChI=1S/C24H32N4O3S/c1-16-7-6-8-18-21(16)26-20(27-22(18)28-11-4-5-12-28)14-25-32(30,31)15-24-10-9-17(13-19(24)29)23(24,2)3/h6-8,17,25H,4-5,9-15H2,1-3H3. The molecule has 2 saturated carbocycles. The highest BCUT2D eigenvalue weighted by Crippen LogP contribution is 2.64. The van der Waals surface area contributed by atoms with E-state index in [1.807, 2.05) is 25.1 Å². The molecule has 0 radical (unpaired) electrons. The molecule has 172 valence electrons. The number of hydrogen-bond acceptors (Lipinski definition) is 6. The van der Waals surface area contributed by atoms with Gasteiger partial charge in [0.25, 0.3) is 0 Å². The zero-order valence-electron chi connectivity index (χ0n) is 19.1. The van der Waals surface area contributed by atoms with Crippen molar-refractivity contribution >= 4 is 32.5 Å². The molecule has 7 nitrogen and oxygen atoms in total. The van der Waals surface area contributed by atoms with Crippen LogP contribution in [-0.2, 0) is 21.4 Å². The fraction of sp³-hybridized carbons (Fsp3) is 0.625.